The first-order chi connectivity index (χ1) is 14.4. The van der Waals surface area contributed by atoms with Gasteiger partial charge in [-0.1, -0.05) is 24.3 Å². The summed E-state index contributed by atoms with van der Waals surface area (Å²) in [4.78, 5) is 16.2. The normalized spacial score (nSPS) is 11.8. The van der Waals surface area contributed by atoms with Gasteiger partial charge in [0.05, 0.1) is 12.6 Å². The molecule has 1 unspecified atom stereocenters. The van der Waals surface area contributed by atoms with Crippen molar-refractivity contribution in [1.29, 1.82) is 0 Å². The van der Waals surface area contributed by atoms with Crippen molar-refractivity contribution in [3.8, 4) is 5.75 Å². The van der Waals surface area contributed by atoms with Crippen LogP contribution in [0.3, 0.4) is 0 Å². The third kappa shape index (κ3) is 9.12. The maximum atomic E-state index is 13.9. The van der Waals surface area contributed by atoms with Gasteiger partial charge in [-0.15, -0.1) is 24.0 Å². The van der Waals surface area contributed by atoms with Gasteiger partial charge >= 0.3 is 0 Å². The number of nitrogens with zero attached hydrogens (tertiary/aromatic N) is 1. The lowest BCUT2D eigenvalue weighted by molar-refractivity contribution is -0.122. The van der Waals surface area contributed by atoms with E-state index in [0.717, 1.165) is 11.1 Å². The first-order valence-electron chi connectivity index (χ1n) is 10.2. The number of guanidine groups is 1. The highest BCUT2D eigenvalue weighted by atomic mass is 127. The van der Waals surface area contributed by atoms with Crippen molar-refractivity contribution in [1.82, 2.24) is 16.0 Å². The van der Waals surface area contributed by atoms with E-state index in [2.05, 4.69) is 20.9 Å². The molecule has 0 saturated heterocycles. The van der Waals surface area contributed by atoms with Gasteiger partial charge in [0.25, 0.3) is 5.91 Å². The molecule has 0 heterocycles. The summed E-state index contributed by atoms with van der Waals surface area (Å²) in [7, 11) is 0. The topological polar surface area (TPSA) is 74.8 Å². The van der Waals surface area contributed by atoms with Crippen LogP contribution in [0.25, 0.3) is 0 Å². The molecule has 170 valence electrons. The van der Waals surface area contributed by atoms with Gasteiger partial charge in [-0.25, -0.2) is 9.38 Å². The molecule has 3 N–H and O–H groups in total. The Hall–Kier alpha value is -2.36. The summed E-state index contributed by atoms with van der Waals surface area (Å²) in [5.41, 5.74) is 2.43. The van der Waals surface area contributed by atoms with Crippen molar-refractivity contribution in [2.45, 2.75) is 40.3 Å². The fraction of sp³-hybridized carbons (Fsp3) is 0.391. The van der Waals surface area contributed by atoms with Gasteiger partial charge in [-0.05, 0) is 62.6 Å². The lowest BCUT2D eigenvalue weighted by Gasteiger charge is -2.18. The minimum absolute atomic E-state index is 0. The van der Waals surface area contributed by atoms with E-state index < -0.39 is 0 Å². The van der Waals surface area contributed by atoms with Gasteiger partial charge in [0, 0.05) is 13.1 Å². The molecule has 0 aromatic heterocycles. The predicted octanol–water partition coefficient (Wildman–Crippen LogP) is 4.08. The molecule has 31 heavy (non-hydrogen) atoms. The largest absolute Gasteiger partial charge is 0.484 e. The second-order valence-electron chi connectivity index (χ2n) is 6.96. The summed E-state index contributed by atoms with van der Waals surface area (Å²) >= 11 is 0. The van der Waals surface area contributed by atoms with Crippen LogP contribution in [-0.4, -0.2) is 31.6 Å². The average molecular weight is 542 g/mol. The number of aryl methyl sites for hydroxylation is 1. The number of amides is 1. The van der Waals surface area contributed by atoms with Crippen LogP contribution in [0.4, 0.5) is 4.39 Å². The quantitative estimate of drug-likeness (QED) is 0.254. The fourth-order valence-electron chi connectivity index (χ4n) is 2.79. The molecular formula is C23H32FIN4O2. The van der Waals surface area contributed by atoms with Crippen molar-refractivity contribution < 1.29 is 13.9 Å². The van der Waals surface area contributed by atoms with E-state index in [4.69, 9.17) is 4.74 Å². The third-order valence-corrected chi connectivity index (χ3v) is 4.46. The summed E-state index contributed by atoms with van der Waals surface area (Å²) in [6.45, 7) is 9.26. The van der Waals surface area contributed by atoms with E-state index >= 15 is 0 Å². The number of carbonyl (C=O) groups is 1. The Balaban J connectivity index is 0.00000480. The summed E-state index contributed by atoms with van der Waals surface area (Å²) in [6, 6.07) is 12.6. The van der Waals surface area contributed by atoms with E-state index in [9.17, 15) is 9.18 Å². The van der Waals surface area contributed by atoms with Crippen LogP contribution in [0.2, 0.25) is 0 Å². The first kappa shape index (κ1) is 26.7. The molecule has 0 bridgehead atoms. The smallest absolute Gasteiger partial charge is 0.257 e. The van der Waals surface area contributed by atoms with Crippen molar-refractivity contribution >= 4 is 35.8 Å². The number of benzene rings is 2. The molecule has 0 saturated carbocycles. The zero-order chi connectivity index (χ0) is 21.9. The van der Waals surface area contributed by atoms with Crippen LogP contribution < -0.4 is 20.7 Å². The van der Waals surface area contributed by atoms with E-state index in [1.54, 1.807) is 19.1 Å². The minimum atomic E-state index is -0.215. The highest BCUT2D eigenvalue weighted by Gasteiger charge is 2.10. The molecule has 2 aromatic rings. The zero-order valence-corrected chi connectivity index (χ0v) is 20.8. The van der Waals surface area contributed by atoms with Crippen molar-refractivity contribution in [2.75, 3.05) is 19.7 Å². The molecule has 0 aliphatic carbocycles. The second-order valence-corrected chi connectivity index (χ2v) is 6.96. The van der Waals surface area contributed by atoms with Crippen LogP contribution in [-0.2, 0) is 11.3 Å². The molecule has 0 spiro atoms. The molecule has 2 rings (SSSR count). The number of halogens is 2. The molecule has 0 aliphatic heterocycles. The molecular weight excluding hydrogens is 510 g/mol. The van der Waals surface area contributed by atoms with Crippen LogP contribution in [0.5, 0.6) is 5.75 Å². The maximum Gasteiger partial charge on any atom is 0.257 e. The van der Waals surface area contributed by atoms with Crippen molar-refractivity contribution in [3.63, 3.8) is 0 Å². The van der Waals surface area contributed by atoms with E-state index in [-0.39, 0.29) is 48.3 Å². The molecule has 2 aromatic carbocycles. The molecule has 8 heteroatoms. The zero-order valence-electron chi connectivity index (χ0n) is 18.5. The van der Waals surface area contributed by atoms with Crippen LogP contribution in [0, 0.1) is 12.7 Å². The number of likely N-dealkylation sites (N-methyl/N-ethyl adjacent to an activating group) is 1. The Morgan fingerprint density at radius 2 is 1.87 bits per heavy atom. The summed E-state index contributed by atoms with van der Waals surface area (Å²) in [5.74, 6) is 0.892. The van der Waals surface area contributed by atoms with E-state index in [0.29, 0.717) is 36.9 Å². The lowest BCUT2D eigenvalue weighted by Crippen LogP contribution is -2.38. The standard InChI is InChI=1S/C23H31FN4O2.HI/c1-5-25-22(29)15-30-20-9-7-8-18(12-20)14-27-23(26-6-2)28-17(4)19-11-10-16(3)21(24)13-19;/h7-13,17H,5-6,14-15H2,1-4H3,(H,25,29)(H2,26,27,28);1H. The maximum absolute atomic E-state index is 13.9. The predicted molar refractivity (Wildman–Crippen MR) is 134 cm³/mol. The molecule has 6 nitrogen and oxygen atoms in total. The highest BCUT2D eigenvalue weighted by molar-refractivity contribution is 14.0. The van der Waals surface area contributed by atoms with Crippen molar-refractivity contribution in [2.24, 2.45) is 4.99 Å². The number of carbonyl (C=O) groups excluding carboxylic acids is 1. The van der Waals surface area contributed by atoms with Gasteiger partial charge in [0.15, 0.2) is 12.6 Å². The number of hydrogen-bond donors (Lipinski definition) is 3. The van der Waals surface area contributed by atoms with Crippen LogP contribution in [0.1, 0.15) is 43.5 Å². The number of rotatable bonds is 9. The molecule has 0 radical (unpaired) electrons. The second kappa shape index (κ2) is 13.8. The summed E-state index contributed by atoms with van der Waals surface area (Å²) in [6.07, 6.45) is 0. The molecule has 1 atom stereocenters. The molecule has 0 aliphatic rings. The van der Waals surface area contributed by atoms with Crippen molar-refractivity contribution in [3.05, 3.63) is 65.0 Å². The minimum Gasteiger partial charge on any atom is -0.484 e. The first-order valence-corrected chi connectivity index (χ1v) is 10.2. The Morgan fingerprint density at radius 1 is 1.13 bits per heavy atom. The summed E-state index contributed by atoms with van der Waals surface area (Å²) < 4.78 is 19.4. The molecule has 0 fully saturated rings. The summed E-state index contributed by atoms with van der Waals surface area (Å²) in [5, 5.41) is 9.21. The van der Waals surface area contributed by atoms with Gasteiger partial charge in [-0.3, -0.25) is 4.79 Å². The number of nitrogens with one attached hydrogen (secondary N) is 3. The van der Waals surface area contributed by atoms with Gasteiger partial charge in [-0.2, -0.15) is 0 Å². The number of ether oxygens (including phenoxy) is 1. The van der Waals surface area contributed by atoms with Gasteiger partial charge in [0.1, 0.15) is 11.6 Å². The monoisotopic (exact) mass is 542 g/mol. The fourth-order valence-corrected chi connectivity index (χ4v) is 2.79. The highest BCUT2D eigenvalue weighted by Crippen LogP contribution is 2.17. The van der Waals surface area contributed by atoms with Gasteiger partial charge in [0.2, 0.25) is 0 Å². The van der Waals surface area contributed by atoms with Gasteiger partial charge < -0.3 is 20.7 Å². The number of hydrogen-bond acceptors (Lipinski definition) is 3. The SMILES string of the molecule is CCNC(=O)COc1cccc(CN=C(NCC)NC(C)c2ccc(C)c(F)c2)c1.I. The molecule has 1 amide bonds. The lowest BCUT2D eigenvalue weighted by atomic mass is 10.1. The van der Waals surface area contributed by atoms with Crippen LogP contribution >= 0.6 is 24.0 Å². The Labute approximate surface area is 201 Å². The van der Waals surface area contributed by atoms with E-state index in [1.807, 2.05) is 51.1 Å². The van der Waals surface area contributed by atoms with E-state index in [1.165, 1.54) is 0 Å². The number of aliphatic imine (C=N–C) groups is 1. The third-order valence-electron chi connectivity index (χ3n) is 4.46. The van der Waals surface area contributed by atoms with Crippen LogP contribution in [0.15, 0.2) is 47.5 Å². The Bertz CT molecular complexity index is 876. The Kier molecular flexibility index (Phi) is 11.9. The average Bonchev–Trinajstić information content (AvgIpc) is 2.73. The Morgan fingerprint density at radius 3 is 2.55 bits per heavy atom.